The van der Waals surface area contributed by atoms with Crippen molar-refractivity contribution < 1.29 is 9.31 Å². The molecule has 0 bridgehead atoms. The average molecular weight is 301 g/mol. The highest BCUT2D eigenvalue weighted by Gasteiger charge is 2.52. The van der Waals surface area contributed by atoms with Crippen LogP contribution in [-0.2, 0) is 9.31 Å². The molecule has 0 aliphatic carbocycles. The molecule has 3 nitrogen and oxygen atoms in total. The number of benzene rings is 1. The summed E-state index contributed by atoms with van der Waals surface area (Å²) >= 11 is 1.63. The maximum atomic E-state index is 6.05. The van der Waals surface area contributed by atoms with Crippen LogP contribution in [0.4, 0.5) is 0 Å². The number of aromatic nitrogens is 1. The van der Waals surface area contributed by atoms with E-state index >= 15 is 0 Å². The Hall–Kier alpha value is -1.17. The molecule has 0 N–H and O–H groups in total. The fourth-order valence-electron chi connectivity index (χ4n) is 2.29. The molecule has 1 aromatic carbocycles. The maximum absolute atomic E-state index is 6.05. The first-order valence-electron chi connectivity index (χ1n) is 7.17. The molecule has 3 rings (SSSR count). The Balaban J connectivity index is 1.89. The van der Waals surface area contributed by atoms with Crippen molar-refractivity contribution in [3.8, 4) is 10.6 Å². The van der Waals surface area contributed by atoms with Crippen LogP contribution in [0.2, 0.25) is 0 Å². The quantitative estimate of drug-likeness (QED) is 0.797. The third-order valence-electron chi connectivity index (χ3n) is 4.39. The Morgan fingerprint density at radius 2 is 1.67 bits per heavy atom. The fourth-order valence-corrected chi connectivity index (χ4v) is 3.21. The number of nitrogens with zero attached hydrogens (tertiary/aromatic N) is 1. The highest BCUT2D eigenvalue weighted by atomic mass is 32.1. The molecule has 0 saturated carbocycles. The highest BCUT2D eigenvalue weighted by Crippen LogP contribution is 2.36. The molecule has 5 heteroatoms. The van der Waals surface area contributed by atoms with Gasteiger partial charge >= 0.3 is 7.12 Å². The van der Waals surface area contributed by atoms with Crippen molar-refractivity contribution in [1.82, 2.24) is 4.98 Å². The van der Waals surface area contributed by atoms with Crippen LogP contribution in [0.5, 0.6) is 0 Å². The van der Waals surface area contributed by atoms with E-state index in [0.29, 0.717) is 0 Å². The van der Waals surface area contributed by atoms with Gasteiger partial charge in [-0.3, -0.25) is 0 Å². The minimum atomic E-state index is -0.385. The van der Waals surface area contributed by atoms with E-state index in [0.717, 1.165) is 10.6 Å². The van der Waals surface area contributed by atoms with Crippen molar-refractivity contribution in [2.45, 2.75) is 45.8 Å². The minimum absolute atomic E-state index is 0.329. The lowest BCUT2D eigenvalue weighted by atomic mass is 9.86. The second-order valence-corrected chi connectivity index (χ2v) is 7.34. The fraction of sp³-hybridized carbons (Fsp3) is 0.438. The molecule has 2 heterocycles. The summed E-state index contributed by atoms with van der Waals surface area (Å²) in [5, 5.41) is 3.04. The van der Waals surface area contributed by atoms with Crippen LogP contribution < -0.4 is 5.59 Å². The van der Waals surface area contributed by atoms with Crippen LogP contribution in [-0.4, -0.2) is 23.3 Å². The molecule has 1 aliphatic rings. The summed E-state index contributed by atoms with van der Waals surface area (Å²) in [6, 6.07) is 8.28. The lowest BCUT2D eigenvalue weighted by Crippen LogP contribution is -2.41. The molecule has 0 spiro atoms. The van der Waals surface area contributed by atoms with Crippen molar-refractivity contribution in [1.29, 1.82) is 0 Å². The van der Waals surface area contributed by atoms with E-state index in [1.165, 1.54) is 11.1 Å². The molecule has 1 fully saturated rings. The van der Waals surface area contributed by atoms with Crippen LogP contribution in [0.25, 0.3) is 10.6 Å². The summed E-state index contributed by atoms with van der Waals surface area (Å²) < 4.78 is 12.1. The first kappa shape index (κ1) is 14.8. The van der Waals surface area contributed by atoms with Gasteiger partial charge in [0.15, 0.2) is 0 Å². The first-order valence-corrected chi connectivity index (χ1v) is 8.05. The van der Waals surface area contributed by atoms with E-state index in [-0.39, 0.29) is 18.3 Å². The zero-order chi connectivity index (χ0) is 15.3. The second kappa shape index (κ2) is 4.94. The largest absolute Gasteiger partial charge is 0.515 e. The van der Waals surface area contributed by atoms with Gasteiger partial charge in [0, 0.05) is 10.9 Å². The topological polar surface area (TPSA) is 31.4 Å². The van der Waals surface area contributed by atoms with Gasteiger partial charge in [0.2, 0.25) is 0 Å². The summed E-state index contributed by atoms with van der Waals surface area (Å²) in [6.45, 7) is 10.3. The maximum Gasteiger partial charge on any atom is 0.515 e. The van der Waals surface area contributed by atoms with Gasteiger partial charge in [-0.15, -0.1) is 11.3 Å². The zero-order valence-corrected chi connectivity index (χ0v) is 14.0. The second-order valence-electron chi connectivity index (χ2n) is 6.48. The van der Waals surface area contributed by atoms with Crippen LogP contribution in [0.15, 0.2) is 29.6 Å². The third-order valence-corrected chi connectivity index (χ3v) is 5.29. The summed E-state index contributed by atoms with van der Waals surface area (Å²) in [5.74, 6) is 0. The molecule has 0 atom stereocenters. The van der Waals surface area contributed by atoms with Gasteiger partial charge in [0.25, 0.3) is 0 Å². The lowest BCUT2D eigenvalue weighted by Gasteiger charge is -2.32. The van der Waals surface area contributed by atoms with Crippen LogP contribution in [0.1, 0.15) is 33.3 Å². The van der Waals surface area contributed by atoms with Crippen molar-refractivity contribution in [3.05, 3.63) is 35.2 Å². The van der Waals surface area contributed by atoms with Crippen molar-refractivity contribution in [2.75, 3.05) is 0 Å². The molecule has 2 aromatic rings. The number of thiazole rings is 1. The van der Waals surface area contributed by atoms with Gasteiger partial charge < -0.3 is 9.31 Å². The standard InChI is InChI=1S/C16H20BNO2S/c1-11-8-6-7-9-12(11)14-18-13(10-21-14)17-19-15(2,3)16(4,5)20-17/h6-10H,1-5H3. The minimum Gasteiger partial charge on any atom is -0.398 e. The van der Waals surface area contributed by atoms with Gasteiger partial charge in [-0.25, -0.2) is 4.98 Å². The molecule has 1 aliphatic heterocycles. The molecule has 0 amide bonds. The molecule has 1 aromatic heterocycles. The number of rotatable bonds is 2. The first-order chi connectivity index (χ1) is 9.80. The Labute approximate surface area is 130 Å². The van der Waals surface area contributed by atoms with E-state index in [1.54, 1.807) is 11.3 Å². The smallest absolute Gasteiger partial charge is 0.398 e. The Morgan fingerprint density at radius 1 is 1.05 bits per heavy atom. The van der Waals surface area contributed by atoms with Crippen molar-refractivity contribution >= 4 is 24.0 Å². The Morgan fingerprint density at radius 3 is 2.29 bits per heavy atom. The number of aryl methyl sites for hydroxylation is 1. The molecule has 110 valence electrons. The predicted molar refractivity (Wildman–Crippen MR) is 88.0 cm³/mol. The van der Waals surface area contributed by atoms with Gasteiger partial charge in [0.05, 0.1) is 16.8 Å². The molecular formula is C16H20BNO2S. The van der Waals surface area contributed by atoms with E-state index in [1.807, 2.05) is 17.5 Å². The normalized spacial score (nSPS) is 20.0. The van der Waals surface area contributed by atoms with Crippen molar-refractivity contribution in [2.24, 2.45) is 0 Å². The monoisotopic (exact) mass is 301 g/mol. The van der Waals surface area contributed by atoms with Crippen LogP contribution >= 0.6 is 11.3 Å². The van der Waals surface area contributed by atoms with Crippen molar-refractivity contribution in [3.63, 3.8) is 0 Å². The van der Waals surface area contributed by atoms with Gasteiger partial charge in [-0.1, -0.05) is 24.3 Å². The predicted octanol–water partition coefficient (Wildman–Crippen LogP) is 3.42. The summed E-state index contributed by atoms with van der Waals surface area (Å²) in [4.78, 5) is 4.72. The zero-order valence-electron chi connectivity index (χ0n) is 13.1. The van der Waals surface area contributed by atoms with Crippen LogP contribution in [0, 0.1) is 6.92 Å². The van der Waals surface area contributed by atoms with E-state index < -0.39 is 0 Å². The lowest BCUT2D eigenvalue weighted by molar-refractivity contribution is 0.00578. The Bertz CT molecular complexity index is 650. The van der Waals surface area contributed by atoms with Gasteiger partial charge in [0.1, 0.15) is 5.01 Å². The summed E-state index contributed by atoms with van der Waals surface area (Å²) in [6.07, 6.45) is 0. The summed E-state index contributed by atoms with van der Waals surface area (Å²) in [5.41, 5.74) is 2.60. The highest BCUT2D eigenvalue weighted by molar-refractivity contribution is 7.14. The molecule has 21 heavy (non-hydrogen) atoms. The number of hydrogen-bond acceptors (Lipinski definition) is 4. The molecular weight excluding hydrogens is 281 g/mol. The van der Waals surface area contributed by atoms with E-state index in [2.05, 4.69) is 46.8 Å². The molecule has 1 saturated heterocycles. The summed E-state index contributed by atoms with van der Waals surface area (Å²) in [7, 11) is -0.385. The number of hydrogen-bond donors (Lipinski definition) is 0. The van der Waals surface area contributed by atoms with Crippen LogP contribution in [0.3, 0.4) is 0 Å². The van der Waals surface area contributed by atoms with Gasteiger partial charge in [-0.05, 0) is 40.2 Å². The molecule has 0 radical (unpaired) electrons. The SMILES string of the molecule is Cc1ccccc1-c1nc(B2OC(C)(C)C(C)(C)O2)cs1. The van der Waals surface area contributed by atoms with Gasteiger partial charge in [-0.2, -0.15) is 0 Å². The Kier molecular flexibility index (Phi) is 3.47. The average Bonchev–Trinajstić information content (AvgIpc) is 2.94. The third kappa shape index (κ3) is 2.54. The van der Waals surface area contributed by atoms with E-state index in [9.17, 15) is 0 Å². The van der Waals surface area contributed by atoms with E-state index in [4.69, 9.17) is 14.3 Å². The molecule has 0 unspecified atom stereocenters.